The van der Waals surface area contributed by atoms with E-state index in [9.17, 15) is 4.79 Å². The van der Waals surface area contributed by atoms with Gasteiger partial charge in [0.1, 0.15) is 0 Å². The van der Waals surface area contributed by atoms with Crippen LogP contribution >= 0.6 is 0 Å². The summed E-state index contributed by atoms with van der Waals surface area (Å²) in [7, 11) is -0.905. The maximum Gasteiger partial charge on any atom is 0.305 e. The predicted octanol–water partition coefficient (Wildman–Crippen LogP) is 9.28. The van der Waals surface area contributed by atoms with Crippen LogP contribution in [0.25, 0.3) is 0 Å². The summed E-state index contributed by atoms with van der Waals surface area (Å²) in [6.07, 6.45) is 12.0. The van der Waals surface area contributed by atoms with Crippen molar-refractivity contribution >= 4 is 15.0 Å². The predicted molar refractivity (Wildman–Crippen MR) is 153 cm³/mol. The number of rotatable bonds is 9. The minimum absolute atomic E-state index is 0.0348. The second kappa shape index (κ2) is 11.6. The fourth-order valence-electron chi connectivity index (χ4n) is 8.77. The molecule has 0 spiro atoms. The molecule has 0 heterocycles. The molecule has 0 aromatic heterocycles. The van der Waals surface area contributed by atoms with Gasteiger partial charge in [-0.25, -0.2) is 0 Å². The van der Waals surface area contributed by atoms with Crippen LogP contribution < -0.4 is 0 Å². The third-order valence-electron chi connectivity index (χ3n) is 10.3. The average Bonchev–Trinajstić information content (AvgIpc) is 2.76. The van der Waals surface area contributed by atoms with E-state index in [1.165, 1.54) is 44.9 Å². The first-order valence-electron chi connectivity index (χ1n) is 15.1. The van der Waals surface area contributed by atoms with E-state index in [2.05, 4.69) is 62.3 Å². The smallest absolute Gasteiger partial charge is 0.305 e. The van der Waals surface area contributed by atoms with Crippen molar-refractivity contribution in [2.75, 3.05) is 6.61 Å². The molecule has 0 amide bonds. The number of hydrogen-bond acceptors (Lipinski definition) is 3. The minimum atomic E-state index is -0.905. The summed E-state index contributed by atoms with van der Waals surface area (Å²) >= 11 is 0. The summed E-state index contributed by atoms with van der Waals surface area (Å²) < 4.78 is 12.3. The standard InChI is InChI=1S/C32H57O3Si/c1-11-34-29(33)15-13-12-14-24-23(4)16-18-26-25(24)17-19-27-31(8,9)28(20-21-32(26,27)10)35-36(22(2)3)30(5,6)7/h22,25-28H,11-21H2,1-10H3/t25?,26?,27?,28-,32+/m0/s1. The SMILES string of the molecule is CCOC(=O)CCCCC1=C(C)CCC2C1CCC1C(C)(C)[C@@H](O[Si](C(C)C)C(C)(C)C)CC[C@]21C. The van der Waals surface area contributed by atoms with Gasteiger partial charge in [0.2, 0.25) is 9.04 Å². The van der Waals surface area contributed by atoms with Crippen LogP contribution in [0.4, 0.5) is 0 Å². The van der Waals surface area contributed by atoms with Gasteiger partial charge in [0.15, 0.2) is 0 Å². The average molecular weight is 518 g/mol. The van der Waals surface area contributed by atoms with Crippen LogP contribution in [0, 0.1) is 28.6 Å². The lowest BCUT2D eigenvalue weighted by molar-refractivity contribution is -0.144. The van der Waals surface area contributed by atoms with E-state index in [-0.39, 0.29) is 16.4 Å². The molecule has 3 unspecified atom stereocenters. The summed E-state index contributed by atoms with van der Waals surface area (Å²) in [4.78, 5) is 11.8. The Balaban J connectivity index is 1.72. The Labute approximate surface area is 225 Å². The highest BCUT2D eigenvalue weighted by Crippen LogP contribution is 2.65. The number of ether oxygens (including phenoxy) is 1. The molecule has 0 aromatic rings. The summed E-state index contributed by atoms with van der Waals surface area (Å²) in [6, 6.07) is 0. The zero-order valence-electron chi connectivity index (χ0n) is 25.4. The molecule has 3 nitrogen and oxygen atoms in total. The number of carbonyl (C=O) groups is 1. The molecule has 0 aromatic carbocycles. The largest absolute Gasteiger partial charge is 0.466 e. The molecule has 0 aliphatic heterocycles. The Bertz CT molecular complexity index is 792. The molecule has 0 saturated heterocycles. The molecule has 207 valence electrons. The highest BCUT2D eigenvalue weighted by molar-refractivity contribution is 6.56. The lowest BCUT2D eigenvalue weighted by Gasteiger charge is -2.63. The molecule has 2 saturated carbocycles. The fourth-order valence-corrected chi connectivity index (χ4v) is 11.9. The quantitative estimate of drug-likeness (QED) is 0.132. The molecule has 3 aliphatic carbocycles. The number of unbranched alkanes of at least 4 members (excludes halogenated alkanes) is 1. The lowest BCUT2D eigenvalue weighted by Crippen LogP contribution is -2.58. The van der Waals surface area contributed by atoms with Crippen molar-refractivity contribution in [2.24, 2.45) is 28.6 Å². The van der Waals surface area contributed by atoms with Gasteiger partial charge >= 0.3 is 5.97 Å². The van der Waals surface area contributed by atoms with Gasteiger partial charge in [0, 0.05) is 6.42 Å². The summed E-state index contributed by atoms with van der Waals surface area (Å²) in [5.41, 5.74) is 4.68. The third-order valence-corrected chi connectivity index (χ3v) is 13.4. The Morgan fingerprint density at radius 2 is 1.78 bits per heavy atom. The Hall–Kier alpha value is -0.613. The topological polar surface area (TPSA) is 35.5 Å². The number of carbonyl (C=O) groups excluding carboxylic acids is 1. The summed E-state index contributed by atoms with van der Waals surface area (Å²) in [5.74, 6) is 2.26. The highest BCUT2D eigenvalue weighted by atomic mass is 28.3. The summed E-state index contributed by atoms with van der Waals surface area (Å²) in [5, 5.41) is 0.265. The van der Waals surface area contributed by atoms with Gasteiger partial charge in [-0.15, -0.1) is 0 Å². The molecule has 5 atom stereocenters. The van der Waals surface area contributed by atoms with Crippen molar-refractivity contribution in [3.63, 3.8) is 0 Å². The first-order chi connectivity index (χ1) is 16.7. The molecule has 2 fully saturated rings. The minimum Gasteiger partial charge on any atom is -0.466 e. The first-order valence-corrected chi connectivity index (χ1v) is 16.6. The zero-order valence-corrected chi connectivity index (χ0v) is 26.4. The van der Waals surface area contributed by atoms with E-state index < -0.39 is 9.04 Å². The van der Waals surface area contributed by atoms with Gasteiger partial charge in [0.25, 0.3) is 0 Å². The Kier molecular flexibility index (Phi) is 9.68. The van der Waals surface area contributed by atoms with Crippen LogP contribution in [0.3, 0.4) is 0 Å². The van der Waals surface area contributed by atoms with Crippen LogP contribution in [-0.4, -0.2) is 27.7 Å². The normalized spacial score (nSPS) is 32.4. The first kappa shape index (κ1) is 29.9. The van der Waals surface area contributed by atoms with E-state index in [0.717, 1.165) is 30.6 Å². The molecule has 3 rings (SSSR count). The van der Waals surface area contributed by atoms with E-state index in [1.807, 2.05) is 6.92 Å². The van der Waals surface area contributed by atoms with E-state index in [4.69, 9.17) is 9.16 Å². The van der Waals surface area contributed by atoms with Gasteiger partial charge in [-0.3, -0.25) is 4.79 Å². The maximum atomic E-state index is 11.8. The highest BCUT2D eigenvalue weighted by Gasteiger charge is 2.59. The zero-order chi connectivity index (χ0) is 26.9. The van der Waals surface area contributed by atoms with Crippen molar-refractivity contribution in [3.05, 3.63) is 11.1 Å². The molecule has 36 heavy (non-hydrogen) atoms. The molecular weight excluding hydrogens is 460 g/mol. The monoisotopic (exact) mass is 517 g/mol. The summed E-state index contributed by atoms with van der Waals surface area (Å²) in [6.45, 7) is 24.4. The molecule has 1 radical (unpaired) electrons. The van der Waals surface area contributed by atoms with Gasteiger partial charge in [-0.1, -0.05) is 66.5 Å². The molecular formula is C32H57O3Si. The van der Waals surface area contributed by atoms with Crippen LogP contribution in [0.5, 0.6) is 0 Å². The van der Waals surface area contributed by atoms with Crippen molar-refractivity contribution in [1.29, 1.82) is 0 Å². The van der Waals surface area contributed by atoms with Crippen molar-refractivity contribution < 1.29 is 14.0 Å². The van der Waals surface area contributed by atoms with Gasteiger partial charge < -0.3 is 9.16 Å². The number of esters is 1. The van der Waals surface area contributed by atoms with Crippen molar-refractivity contribution in [1.82, 2.24) is 0 Å². The molecule has 4 heteroatoms. The van der Waals surface area contributed by atoms with Crippen molar-refractivity contribution in [2.45, 2.75) is 150 Å². The van der Waals surface area contributed by atoms with Gasteiger partial charge in [-0.05, 0) is 111 Å². The van der Waals surface area contributed by atoms with Gasteiger partial charge in [0.05, 0.1) is 12.7 Å². The second-order valence-electron chi connectivity index (χ2n) is 14.4. The molecule has 0 bridgehead atoms. The number of allylic oxidation sites excluding steroid dienone is 2. The Morgan fingerprint density at radius 1 is 1.08 bits per heavy atom. The lowest BCUT2D eigenvalue weighted by atomic mass is 9.43. The van der Waals surface area contributed by atoms with E-state index >= 15 is 0 Å². The van der Waals surface area contributed by atoms with Crippen LogP contribution in [0.15, 0.2) is 11.1 Å². The van der Waals surface area contributed by atoms with Crippen LogP contribution in [0.1, 0.15) is 133 Å². The fraction of sp³-hybridized carbons (Fsp3) is 0.906. The second-order valence-corrected chi connectivity index (χ2v) is 18.1. The molecule has 3 aliphatic rings. The van der Waals surface area contributed by atoms with Crippen molar-refractivity contribution in [3.8, 4) is 0 Å². The number of fused-ring (bicyclic) bond motifs is 3. The maximum absolute atomic E-state index is 11.8. The van der Waals surface area contributed by atoms with E-state index in [0.29, 0.717) is 30.1 Å². The third kappa shape index (κ3) is 6.16. The number of hydrogen-bond donors (Lipinski definition) is 0. The van der Waals surface area contributed by atoms with Crippen LogP contribution in [-0.2, 0) is 14.0 Å². The Morgan fingerprint density at radius 3 is 2.39 bits per heavy atom. The van der Waals surface area contributed by atoms with Crippen LogP contribution in [0.2, 0.25) is 10.6 Å². The van der Waals surface area contributed by atoms with E-state index in [1.54, 1.807) is 11.1 Å². The van der Waals surface area contributed by atoms with Gasteiger partial charge in [-0.2, -0.15) is 0 Å². The molecule has 0 N–H and O–H groups in total.